The van der Waals surface area contributed by atoms with E-state index >= 15 is 0 Å². The minimum Gasteiger partial charge on any atom is -0.497 e. The predicted molar refractivity (Wildman–Crippen MR) is 113 cm³/mol. The van der Waals surface area contributed by atoms with Crippen LogP contribution in [0.4, 0.5) is 11.4 Å². The molecule has 3 aromatic rings. The van der Waals surface area contributed by atoms with Crippen LogP contribution in [0.25, 0.3) is 0 Å². The first-order valence-corrected chi connectivity index (χ1v) is 9.24. The second kappa shape index (κ2) is 8.76. The van der Waals surface area contributed by atoms with Crippen molar-refractivity contribution >= 4 is 28.9 Å². The number of halogens is 1. The molecule has 28 heavy (non-hydrogen) atoms. The zero-order chi connectivity index (χ0) is 20.1. The maximum Gasteiger partial charge on any atom is 0.257 e. The van der Waals surface area contributed by atoms with Crippen molar-refractivity contribution in [3.05, 3.63) is 82.1 Å². The van der Waals surface area contributed by atoms with Crippen molar-refractivity contribution in [1.29, 1.82) is 0 Å². The summed E-state index contributed by atoms with van der Waals surface area (Å²) in [6, 6.07) is 13.4. The molecule has 0 unspecified atom stereocenters. The molecular weight excluding hydrogens is 374 g/mol. The third-order valence-electron chi connectivity index (χ3n) is 4.33. The lowest BCUT2D eigenvalue weighted by atomic mass is 10.1. The molecule has 1 amide bonds. The quantitative estimate of drug-likeness (QED) is 0.600. The van der Waals surface area contributed by atoms with Crippen LogP contribution in [0, 0.1) is 13.8 Å². The molecule has 0 spiro atoms. The Morgan fingerprint density at radius 3 is 2.54 bits per heavy atom. The molecule has 0 aliphatic rings. The van der Waals surface area contributed by atoms with Gasteiger partial charge in [0.1, 0.15) is 5.75 Å². The van der Waals surface area contributed by atoms with E-state index in [1.54, 1.807) is 19.4 Å². The highest BCUT2D eigenvalue weighted by Gasteiger charge is 2.12. The van der Waals surface area contributed by atoms with Crippen molar-refractivity contribution in [2.45, 2.75) is 20.4 Å². The van der Waals surface area contributed by atoms with Crippen LogP contribution >= 0.6 is 11.6 Å². The van der Waals surface area contributed by atoms with Gasteiger partial charge in [0.25, 0.3) is 5.91 Å². The van der Waals surface area contributed by atoms with Crippen LogP contribution in [-0.2, 0) is 6.54 Å². The smallest absolute Gasteiger partial charge is 0.257 e. The summed E-state index contributed by atoms with van der Waals surface area (Å²) in [6.45, 7) is 4.49. The molecule has 0 atom stereocenters. The van der Waals surface area contributed by atoms with Crippen molar-refractivity contribution in [1.82, 2.24) is 4.98 Å². The average molecular weight is 396 g/mol. The van der Waals surface area contributed by atoms with Gasteiger partial charge in [-0.05, 0) is 54.8 Å². The first-order valence-electron chi connectivity index (χ1n) is 8.86. The van der Waals surface area contributed by atoms with Gasteiger partial charge in [0.2, 0.25) is 0 Å². The number of aromatic nitrogens is 1. The van der Waals surface area contributed by atoms with Crippen molar-refractivity contribution in [3.63, 3.8) is 0 Å². The molecule has 0 aliphatic carbocycles. The maximum atomic E-state index is 12.6. The Morgan fingerprint density at radius 2 is 1.86 bits per heavy atom. The molecule has 5 nitrogen and oxygen atoms in total. The summed E-state index contributed by atoms with van der Waals surface area (Å²) < 4.78 is 5.16. The Kier molecular flexibility index (Phi) is 6.16. The van der Waals surface area contributed by atoms with Crippen LogP contribution in [-0.4, -0.2) is 18.0 Å². The maximum absolute atomic E-state index is 12.6. The fourth-order valence-electron chi connectivity index (χ4n) is 2.87. The van der Waals surface area contributed by atoms with Crippen molar-refractivity contribution in [3.8, 4) is 5.75 Å². The van der Waals surface area contributed by atoms with Gasteiger partial charge >= 0.3 is 0 Å². The van der Waals surface area contributed by atoms with Crippen molar-refractivity contribution < 1.29 is 9.53 Å². The van der Waals surface area contributed by atoms with Crippen LogP contribution in [0.2, 0.25) is 5.02 Å². The lowest BCUT2D eigenvalue weighted by Gasteiger charge is -2.12. The standard InChI is InChI=1S/C22H22ClN3O2/c1-14-8-15(2)21(20(23)9-14)26-22(27)17-10-18(13-24-12-17)25-11-16-4-6-19(28-3)7-5-16/h4-10,12-13,25H,11H2,1-3H3,(H,26,27). The molecule has 0 radical (unpaired) electrons. The van der Waals surface area contributed by atoms with Crippen molar-refractivity contribution in [2.24, 2.45) is 0 Å². The summed E-state index contributed by atoms with van der Waals surface area (Å²) in [6.07, 6.45) is 3.22. The molecule has 0 aliphatic heterocycles. The van der Waals surface area contributed by atoms with Crippen LogP contribution in [0.1, 0.15) is 27.0 Å². The number of methoxy groups -OCH3 is 1. The summed E-state index contributed by atoms with van der Waals surface area (Å²) >= 11 is 6.29. The van der Waals surface area contributed by atoms with E-state index in [1.165, 1.54) is 6.20 Å². The highest BCUT2D eigenvalue weighted by Crippen LogP contribution is 2.28. The van der Waals surface area contributed by atoms with Gasteiger partial charge in [-0.2, -0.15) is 0 Å². The van der Waals surface area contributed by atoms with Crippen molar-refractivity contribution in [2.75, 3.05) is 17.7 Å². The second-order valence-corrected chi connectivity index (χ2v) is 6.96. The minimum atomic E-state index is -0.255. The predicted octanol–water partition coefficient (Wildman–Crippen LogP) is 5.22. The van der Waals surface area contributed by atoms with Crippen LogP contribution < -0.4 is 15.4 Å². The number of pyridine rings is 1. The highest BCUT2D eigenvalue weighted by molar-refractivity contribution is 6.34. The van der Waals surface area contributed by atoms with E-state index in [0.29, 0.717) is 22.8 Å². The van der Waals surface area contributed by atoms with Gasteiger partial charge in [-0.15, -0.1) is 0 Å². The number of amides is 1. The molecule has 1 heterocycles. The number of nitrogens with one attached hydrogen (secondary N) is 2. The number of nitrogens with zero attached hydrogens (tertiary/aromatic N) is 1. The van der Waals surface area contributed by atoms with Gasteiger partial charge in [-0.3, -0.25) is 9.78 Å². The Hall–Kier alpha value is -3.05. The molecule has 6 heteroatoms. The second-order valence-electron chi connectivity index (χ2n) is 6.56. The number of carbonyl (C=O) groups excluding carboxylic acids is 1. The molecule has 0 saturated heterocycles. The van der Waals surface area contributed by atoms with E-state index in [2.05, 4.69) is 15.6 Å². The van der Waals surface area contributed by atoms with Gasteiger partial charge in [-0.1, -0.05) is 29.8 Å². The number of hydrogen-bond acceptors (Lipinski definition) is 4. The van der Waals surface area contributed by atoms with Gasteiger partial charge in [0.15, 0.2) is 0 Å². The largest absolute Gasteiger partial charge is 0.497 e. The summed E-state index contributed by atoms with van der Waals surface area (Å²) in [4.78, 5) is 16.8. The first-order chi connectivity index (χ1) is 13.5. The van der Waals surface area contributed by atoms with E-state index in [4.69, 9.17) is 16.3 Å². The molecule has 1 aromatic heterocycles. The van der Waals surface area contributed by atoms with Gasteiger partial charge in [-0.25, -0.2) is 0 Å². The number of rotatable bonds is 6. The normalized spacial score (nSPS) is 10.4. The Morgan fingerprint density at radius 1 is 1.11 bits per heavy atom. The van der Waals surface area contributed by atoms with Gasteiger partial charge < -0.3 is 15.4 Å². The van der Waals surface area contributed by atoms with E-state index in [0.717, 1.165) is 28.1 Å². The lowest BCUT2D eigenvalue weighted by Crippen LogP contribution is -2.14. The van der Waals surface area contributed by atoms with E-state index in [-0.39, 0.29) is 5.91 Å². The van der Waals surface area contributed by atoms with Crippen LogP contribution in [0.3, 0.4) is 0 Å². The molecule has 0 bridgehead atoms. The Balaban J connectivity index is 1.69. The Bertz CT molecular complexity index is 964. The molecule has 2 aromatic carbocycles. The molecule has 0 fully saturated rings. The fourth-order valence-corrected chi connectivity index (χ4v) is 3.24. The van der Waals surface area contributed by atoms with Gasteiger partial charge in [0, 0.05) is 18.9 Å². The van der Waals surface area contributed by atoms with Crippen LogP contribution in [0.5, 0.6) is 5.75 Å². The van der Waals surface area contributed by atoms with Gasteiger partial charge in [0.05, 0.1) is 29.1 Å². The number of ether oxygens (including phenoxy) is 1. The zero-order valence-electron chi connectivity index (χ0n) is 16.0. The highest BCUT2D eigenvalue weighted by atomic mass is 35.5. The molecule has 3 rings (SSSR count). The summed E-state index contributed by atoms with van der Waals surface area (Å²) in [5.41, 5.74) is 4.89. The average Bonchev–Trinajstić information content (AvgIpc) is 2.69. The molecule has 0 saturated carbocycles. The number of carbonyl (C=O) groups is 1. The van der Waals surface area contributed by atoms with E-state index < -0.39 is 0 Å². The summed E-state index contributed by atoms with van der Waals surface area (Å²) in [5.74, 6) is 0.559. The minimum absolute atomic E-state index is 0.255. The summed E-state index contributed by atoms with van der Waals surface area (Å²) in [7, 11) is 1.64. The first kappa shape index (κ1) is 19.7. The fraction of sp³-hybridized carbons (Fsp3) is 0.182. The Labute approximate surface area is 169 Å². The number of benzene rings is 2. The number of aryl methyl sites for hydroxylation is 2. The number of anilines is 2. The third kappa shape index (κ3) is 4.81. The monoisotopic (exact) mass is 395 g/mol. The topological polar surface area (TPSA) is 63.2 Å². The number of hydrogen-bond donors (Lipinski definition) is 2. The SMILES string of the molecule is COc1ccc(CNc2cncc(C(=O)Nc3c(C)cc(C)cc3Cl)c2)cc1. The van der Waals surface area contributed by atoms with E-state index in [1.807, 2.05) is 50.2 Å². The van der Waals surface area contributed by atoms with Crippen LogP contribution in [0.15, 0.2) is 54.9 Å². The zero-order valence-corrected chi connectivity index (χ0v) is 16.8. The molecular formula is C22H22ClN3O2. The third-order valence-corrected chi connectivity index (χ3v) is 4.62. The summed E-state index contributed by atoms with van der Waals surface area (Å²) in [5, 5.41) is 6.68. The molecule has 144 valence electrons. The molecule has 2 N–H and O–H groups in total. The lowest BCUT2D eigenvalue weighted by molar-refractivity contribution is 0.102. The van der Waals surface area contributed by atoms with E-state index in [9.17, 15) is 4.79 Å².